The summed E-state index contributed by atoms with van der Waals surface area (Å²) in [6.07, 6.45) is 3.58. The van der Waals surface area contributed by atoms with Gasteiger partial charge in [0.05, 0.1) is 0 Å². The molecule has 4 heteroatoms. The van der Waals surface area contributed by atoms with Gasteiger partial charge in [0.1, 0.15) is 0 Å². The van der Waals surface area contributed by atoms with E-state index in [1.807, 2.05) is 23.9 Å². The Kier molecular flexibility index (Phi) is 5.02. The van der Waals surface area contributed by atoms with E-state index in [2.05, 4.69) is 40.5 Å². The van der Waals surface area contributed by atoms with Gasteiger partial charge in [0.2, 0.25) is 0 Å². The minimum Gasteiger partial charge on any atom is -0.364 e. The highest BCUT2D eigenvalue weighted by molar-refractivity contribution is 7.99. The lowest BCUT2D eigenvalue weighted by Gasteiger charge is -2.37. The number of thioether (sulfide) groups is 1. The van der Waals surface area contributed by atoms with Gasteiger partial charge in [-0.3, -0.25) is 0 Å². The molecule has 0 amide bonds. The van der Waals surface area contributed by atoms with Crippen molar-refractivity contribution in [2.75, 3.05) is 23.7 Å². The maximum Gasteiger partial charge on any atom is 0.0455 e. The third kappa shape index (κ3) is 3.44. The van der Waals surface area contributed by atoms with Crippen LogP contribution < -0.4 is 10.2 Å². The Bertz CT molecular complexity index is 713. The number of anilines is 1. The molecule has 0 radical (unpaired) electrons. The van der Waals surface area contributed by atoms with Crippen LogP contribution in [0.15, 0.2) is 47.4 Å². The Balaban J connectivity index is 1.66. The lowest BCUT2D eigenvalue weighted by atomic mass is 10.0. The molecule has 24 heavy (non-hydrogen) atoms. The van der Waals surface area contributed by atoms with Gasteiger partial charge in [-0.15, -0.1) is 11.8 Å². The monoisotopic (exact) mass is 358 g/mol. The van der Waals surface area contributed by atoms with Gasteiger partial charge in [-0.05, 0) is 67.7 Å². The van der Waals surface area contributed by atoms with Gasteiger partial charge >= 0.3 is 0 Å². The molecule has 2 nitrogen and oxygen atoms in total. The second-order valence-electron chi connectivity index (χ2n) is 6.59. The second-order valence-corrected chi connectivity index (χ2v) is 8.13. The van der Waals surface area contributed by atoms with E-state index in [9.17, 15) is 0 Å². The number of nitrogens with zero attached hydrogens (tertiary/aromatic N) is 1. The highest BCUT2D eigenvalue weighted by atomic mass is 35.5. The number of piperidine rings is 1. The van der Waals surface area contributed by atoms with Crippen molar-refractivity contribution in [3.63, 3.8) is 0 Å². The average Bonchev–Trinajstić information content (AvgIpc) is 3.09. The SMILES string of the molecule is Clc1ccccc1CN(c1ccc2c(c1)CCS2)C1CCNCC1. The topological polar surface area (TPSA) is 15.3 Å². The van der Waals surface area contributed by atoms with Crippen LogP contribution in [0.2, 0.25) is 5.02 Å². The van der Waals surface area contributed by atoms with E-state index in [0.717, 1.165) is 24.7 Å². The summed E-state index contributed by atoms with van der Waals surface area (Å²) in [4.78, 5) is 4.03. The summed E-state index contributed by atoms with van der Waals surface area (Å²) in [6.45, 7) is 3.09. The zero-order chi connectivity index (χ0) is 16.4. The van der Waals surface area contributed by atoms with Crippen molar-refractivity contribution < 1.29 is 0 Å². The molecule has 0 atom stereocenters. The largest absolute Gasteiger partial charge is 0.364 e. The molecule has 2 heterocycles. The molecule has 2 aromatic rings. The summed E-state index contributed by atoms with van der Waals surface area (Å²) < 4.78 is 0. The van der Waals surface area contributed by atoms with E-state index in [4.69, 9.17) is 11.6 Å². The molecule has 0 aliphatic carbocycles. The predicted octanol–water partition coefficient (Wildman–Crippen LogP) is 4.75. The number of rotatable bonds is 4. The number of nitrogens with one attached hydrogen (secondary N) is 1. The molecule has 1 fully saturated rings. The minimum atomic E-state index is 0.578. The summed E-state index contributed by atoms with van der Waals surface area (Å²) in [5.74, 6) is 1.22. The lowest BCUT2D eigenvalue weighted by molar-refractivity contribution is 0.428. The third-order valence-electron chi connectivity index (χ3n) is 5.05. The fraction of sp³-hybridized carbons (Fsp3) is 0.400. The maximum atomic E-state index is 6.45. The van der Waals surface area contributed by atoms with Crippen molar-refractivity contribution in [2.45, 2.75) is 36.7 Å². The van der Waals surface area contributed by atoms with Crippen molar-refractivity contribution in [2.24, 2.45) is 0 Å². The van der Waals surface area contributed by atoms with Gasteiger partial charge in [-0.2, -0.15) is 0 Å². The fourth-order valence-electron chi connectivity index (χ4n) is 3.71. The molecule has 0 bridgehead atoms. The van der Waals surface area contributed by atoms with Gasteiger partial charge in [0, 0.05) is 33.9 Å². The van der Waals surface area contributed by atoms with E-state index in [0.29, 0.717) is 6.04 Å². The highest BCUT2D eigenvalue weighted by Gasteiger charge is 2.23. The van der Waals surface area contributed by atoms with Crippen LogP contribution >= 0.6 is 23.4 Å². The number of hydrogen-bond donors (Lipinski definition) is 1. The van der Waals surface area contributed by atoms with Crippen molar-refractivity contribution in [1.82, 2.24) is 5.32 Å². The van der Waals surface area contributed by atoms with E-state index < -0.39 is 0 Å². The van der Waals surface area contributed by atoms with Gasteiger partial charge in [-0.25, -0.2) is 0 Å². The van der Waals surface area contributed by atoms with Crippen LogP contribution in [0.4, 0.5) is 5.69 Å². The van der Waals surface area contributed by atoms with E-state index >= 15 is 0 Å². The molecular formula is C20H23ClN2S. The van der Waals surface area contributed by atoms with Gasteiger partial charge in [0.15, 0.2) is 0 Å². The van der Waals surface area contributed by atoms with Crippen LogP contribution in [0.1, 0.15) is 24.0 Å². The summed E-state index contributed by atoms with van der Waals surface area (Å²) in [5.41, 5.74) is 4.08. The number of halogens is 1. The molecule has 126 valence electrons. The third-order valence-corrected chi connectivity index (χ3v) is 6.54. The van der Waals surface area contributed by atoms with Crippen LogP contribution in [0.25, 0.3) is 0 Å². The van der Waals surface area contributed by atoms with E-state index in [1.165, 1.54) is 46.7 Å². The first-order valence-electron chi connectivity index (χ1n) is 8.78. The molecule has 2 aliphatic rings. The molecule has 1 N–H and O–H groups in total. The molecular weight excluding hydrogens is 336 g/mol. The number of hydrogen-bond acceptors (Lipinski definition) is 3. The molecule has 0 unspecified atom stereocenters. The van der Waals surface area contributed by atoms with Crippen LogP contribution in [-0.4, -0.2) is 24.9 Å². The van der Waals surface area contributed by atoms with Crippen LogP contribution in [0.3, 0.4) is 0 Å². The Hall–Kier alpha value is -1.16. The normalized spacial score (nSPS) is 17.7. The van der Waals surface area contributed by atoms with Gasteiger partial charge < -0.3 is 10.2 Å². The number of fused-ring (bicyclic) bond motifs is 1. The van der Waals surface area contributed by atoms with Crippen molar-refractivity contribution in [3.8, 4) is 0 Å². The zero-order valence-electron chi connectivity index (χ0n) is 13.8. The Morgan fingerprint density at radius 1 is 1.12 bits per heavy atom. The Labute approximate surface area is 153 Å². The van der Waals surface area contributed by atoms with Gasteiger partial charge in [-0.1, -0.05) is 29.8 Å². The number of benzene rings is 2. The number of aryl methyl sites for hydroxylation is 1. The smallest absolute Gasteiger partial charge is 0.0455 e. The lowest BCUT2D eigenvalue weighted by Crippen LogP contribution is -2.43. The quantitative estimate of drug-likeness (QED) is 0.849. The van der Waals surface area contributed by atoms with Crippen LogP contribution in [0, 0.1) is 0 Å². The molecule has 0 aromatic heterocycles. The molecule has 2 aromatic carbocycles. The fourth-order valence-corrected chi connectivity index (χ4v) is 4.96. The summed E-state index contributed by atoms with van der Waals surface area (Å²) in [6, 6.07) is 15.8. The molecule has 2 aliphatic heterocycles. The first-order chi connectivity index (χ1) is 11.8. The van der Waals surface area contributed by atoms with E-state index in [1.54, 1.807) is 0 Å². The highest BCUT2D eigenvalue weighted by Crippen LogP contribution is 2.35. The van der Waals surface area contributed by atoms with E-state index in [-0.39, 0.29) is 0 Å². The summed E-state index contributed by atoms with van der Waals surface area (Å²) in [5, 5.41) is 4.35. The molecule has 1 saturated heterocycles. The molecule has 4 rings (SSSR count). The average molecular weight is 359 g/mol. The second kappa shape index (κ2) is 7.38. The summed E-state index contributed by atoms with van der Waals surface area (Å²) in [7, 11) is 0. The van der Waals surface area contributed by atoms with Crippen LogP contribution in [0.5, 0.6) is 0 Å². The van der Waals surface area contributed by atoms with Crippen LogP contribution in [-0.2, 0) is 13.0 Å². The Morgan fingerprint density at radius 3 is 2.79 bits per heavy atom. The Morgan fingerprint density at radius 2 is 1.96 bits per heavy atom. The molecule has 0 saturated carbocycles. The minimum absolute atomic E-state index is 0.578. The first-order valence-corrected chi connectivity index (χ1v) is 10.1. The van der Waals surface area contributed by atoms with Crippen molar-refractivity contribution >= 4 is 29.1 Å². The summed E-state index contributed by atoms with van der Waals surface area (Å²) >= 11 is 8.43. The predicted molar refractivity (Wildman–Crippen MR) is 104 cm³/mol. The maximum absolute atomic E-state index is 6.45. The zero-order valence-corrected chi connectivity index (χ0v) is 15.4. The van der Waals surface area contributed by atoms with Gasteiger partial charge in [0.25, 0.3) is 0 Å². The standard InChI is InChI=1S/C20H23ClN2S/c21-19-4-2-1-3-16(19)14-23(17-7-10-22-11-8-17)18-5-6-20-15(13-18)9-12-24-20/h1-6,13,17,22H,7-12,14H2. The molecule has 0 spiro atoms. The van der Waals surface area contributed by atoms with Crippen molar-refractivity contribution in [3.05, 3.63) is 58.6 Å². The first kappa shape index (κ1) is 16.3. The van der Waals surface area contributed by atoms with Crippen molar-refractivity contribution in [1.29, 1.82) is 0 Å².